The number of anilines is 2. The molecule has 0 aliphatic rings. The van der Waals surface area contributed by atoms with E-state index in [4.69, 9.17) is 4.74 Å². The van der Waals surface area contributed by atoms with Crippen LogP contribution in [-0.2, 0) is 6.18 Å². The minimum atomic E-state index is -4.50. The van der Waals surface area contributed by atoms with E-state index in [1.54, 1.807) is 26.1 Å². The summed E-state index contributed by atoms with van der Waals surface area (Å²) in [6, 6.07) is 9.99. The fourth-order valence-electron chi connectivity index (χ4n) is 3.01. The Bertz CT molecular complexity index is 870. The Kier molecular flexibility index (Phi) is 7.55. The molecule has 0 spiro atoms. The molecule has 0 aliphatic heterocycles. The van der Waals surface area contributed by atoms with Crippen molar-refractivity contribution in [1.29, 1.82) is 0 Å². The Morgan fingerprint density at radius 3 is 2.37 bits per heavy atom. The summed E-state index contributed by atoms with van der Waals surface area (Å²) < 4.78 is 44.5. The molecule has 9 heteroatoms. The van der Waals surface area contributed by atoms with Crippen molar-refractivity contribution in [2.24, 2.45) is 0 Å². The van der Waals surface area contributed by atoms with E-state index >= 15 is 0 Å². The van der Waals surface area contributed by atoms with Crippen molar-refractivity contribution < 1.29 is 22.7 Å². The van der Waals surface area contributed by atoms with Crippen molar-refractivity contribution in [2.75, 3.05) is 52.1 Å². The van der Waals surface area contributed by atoms with Crippen molar-refractivity contribution in [3.63, 3.8) is 0 Å². The summed E-state index contributed by atoms with van der Waals surface area (Å²) in [7, 11) is 8.71. The molecule has 0 bridgehead atoms. The second-order valence-corrected chi connectivity index (χ2v) is 7.22. The molecular weight excluding hydrogens is 397 g/mol. The summed E-state index contributed by atoms with van der Waals surface area (Å²) in [5, 5.41) is 5.28. The Labute approximate surface area is 174 Å². The Morgan fingerprint density at radius 1 is 1.10 bits per heavy atom. The highest BCUT2D eigenvalue weighted by atomic mass is 19.4. The van der Waals surface area contributed by atoms with E-state index in [2.05, 4.69) is 10.6 Å². The standard InChI is InChI=1S/C21H27F3N4O2/c1-27(2)18-10-9-15(21(22,23)24)12-17(18)26-20(29)25-13-19(28(3)4)14-7-6-8-16(11-14)30-5/h6-12,19H,13H2,1-5H3,(H2,25,26,29). The number of nitrogens with one attached hydrogen (secondary N) is 2. The van der Waals surface area contributed by atoms with E-state index in [0.717, 1.165) is 17.7 Å². The lowest BCUT2D eigenvalue weighted by molar-refractivity contribution is -0.137. The third-order valence-electron chi connectivity index (χ3n) is 4.61. The van der Waals surface area contributed by atoms with Gasteiger partial charge in [0.25, 0.3) is 0 Å². The first-order chi connectivity index (χ1) is 14.0. The average Bonchev–Trinajstić information content (AvgIpc) is 2.67. The highest BCUT2D eigenvalue weighted by Gasteiger charge is 2.31. The number of hydrogen-bond acceptors (Lipinski definition) is 4. The van der Waals surface area contributed by atoms with Gasteiger partial charge >= 0.3 is 12.2 Å². The number of nitrogens with zero attached hydrogens (tertiary/aromatic N) is 2. The minimum absolute atomic E-state index is 0.0788. The monoisotopic (exact) mass is 424 g/mol. The summed E-state index contributed by atoms with van der Waals surface area (Å²) in [5.74, 6) is 0.698. The molecule has 2 aromatic carbocycles. The maximum absolute atomic E-state index is 13.1. The lowest BCUT2D eigenvalue weighted by Crippen LogP contribution is -2.37. The molecule has 0 saturated heterocycles. The van der Waals surface area contributed by atoms with Crippen LogP contribution in [0, 0.1) is 0 Å². The fourth-order valence-corrected chi connectivity index (χ4v) is 3.01. The molecule has 0 heterocycles. The zero-order chi connectivity index (χ0) is 22.5. The van der Waals surface area contributed by atoms with Crippen molar-refractivity contribution >= 4 is 17.4 Å². The third-order valence-corrected chi connectivity index (χ3v) is 4.61. The van der Waals surface area contributed by atoms with Gasteiger partial charge in [-0.2, -0.15) is 13.2 Å². The maximum Gasteiger partial charge on any atom is 0.416 e. The second kappa shape index (κ2) is 9.71. The second-order valence-electron chi connectivity index (χ2n) is 7.22. The average molecular weight is 424 g/mol. The molecule has 2 aromatic rings. The molecular formula is C21H27F3N4O2. The van der Waals surface area contributed by atoms with Crippen LogP contribution in [0.3, 0.4) is 0 Å². The summed E-state index contributed by atoms with van der Waals surface area (Å²) in [4.78, 5) is 16.0. The van der Waals surface area contributed by atoms with Crippen LogP contribution in [0.5, 0.6) is 5.75 Å². The molecule has 2 N–H and O–H groups in total. The number of rotatable bonds is 7. The first kappa shape index (κ1) is 23.3. The number of methoxy groups -OCH3 is 1. The molecule has 2 rings (SSSR count). The van der Waals surface area contributed by atoms with Gasteiger partial charge in [0, 0.05) is 20.6 Å². The van der Waals surface area contributed by atoms with Gasteiger partial charge in [0.05, 0.1) is 30.1 Å². The first-order valence-corrected chi connectivity index (χ1v) is 9.26. The molecule has 2 amide bonds. The van der Waals surface area contributed by atoms with Crippen LogP contribution < -0.4 is 20.3 Å². The van der Waals surface area contributed by atoms with Crippen LogP contribution in [-0.4, -0.2) is 52.8 Å². The van der Waals surface area contributed by atoms with E-state index in [1.165, 1.54) is 6.07 Å². The van der Waals surface area contributed by atoms with E-state index < -0.39 is 17.8 Å². The molecule has 6 nitrogen and oxygen atoms in total. The maximum atomic E-state index is 13.1. The number of amides is 2. The van der Waals surface area contributed by atoms with Crippen LogP contribution in [0.1, 0.15) is 17.2 Å². The molecule has 0 fully saturated rings. The van der Waals surface area contributed by atoms with E-state index in [-0.39, 0.29) is 18.3 Å². The summed E-state index contributed by atoms with van der Waals surface area (Å²) in [5.41, 5.74) is 0.656. The van der Waals surface area contributed by atoms with Gasteiger partial charge in [0.1, 0.15) is 5.75 Å². The predicted octanol–water partition coefficient (Wildman–Crippen LogP) is 4.20. The van der Waals surface area contributed by atoms with Gasteiger partial charge in [0.2, 0.25) is 0 Å². The lowest BCUT2D eigenvalue weighted by Gasteiger charge is -2.26. The number of urea groups is 1. The number of benzene rings is 2. The highest BCUT2D eigenvalue weighted by Crippen LogP contribution is 2.35. The SMILES string of the molecule is COc1cccc(C(CNC(=O)Nc2cc(C(F)(F)F)ccc2N(C)C)N(C)C)c1. The van der Waals surface area contributed by atoms with Crippen molar-refractivity contribution in [2.45, 2.75) is 12.2 Å². The zero-order valence-corrected chi connectivity index (χ0v) is 17.7. The van der Waals surface area contributed by atoms with Gasteiger partial charge in [-0.15, -0.1) is 0 Å². The van der Waals surface area contributed by atoms with Gasteiger partial charge in [-0.3, -0.25) is 0 Å². The lowest BCUT2D eigenvalue weighted by atomic mass is 10.1. The van der Waals surface area contributed by atoms with E-state index in [9.17, 15) is 18.0 Å². The molecule has 1 unspecified atom stereocenters. The normalized spacial score (nSPS) is 12.4. The molecule has 0 saturated carbocycles. The number of carbonyl (C=O) groups excluding carboxylic acids is 1. The van der Waals surface area contributed by atoms with E-state index in [1.807, 2.05) is 43.3 Å². The number of carbonyl (C=O) groups is 1. The van der Waals surface area contributed by atoms with Crippen LogP contribution >= 0.6 is 0 Å². The number of alkyl halides is 3. The molecule has 0 radical (unpaired) electrons. The van der Waals surface area contributed by atoms with Gasteiger partial charge in [-0.05, 0) is 50.0 Å². The van der Waals surface area contributed by atoms with Gasteiger partial charge in [0.15, 0.2) is 0 Å². The van der Waals surface area contributed by atoms with Crippen molar-refractivity contribution in [3.8, 4) is 5.75 Å². The van der Waals surface area contributed by atoms with Gasteiger partial charge in [-0.1, -0.05) is 12.1 Å². The minimum Gasteiger partial charge on any atom is -0.497 e. The fraction of sp³-hybridized carbons (Fsp3) is 0.381. The van der Waals surface area contributed by atoms with Crippen molar-refractivity contribution in [1.82, 2.24) is 10.2 Å². The van der Waals surface area contributed by atoms with Crippen LogP contribution in [0.15, 0.2) is 42.5 Å². The van der Waals surface area contributed by atoms with Crippen LogP contribution in [0.25, 0.3) is 0 Å². The number of ether oxygens (including phenoxy) is 1. The molecule has 164 valence electrons. The smallest absolute Gasteiger partial charge is 0.416 e. The summed E-state index contributed by atoms with van der Waals surface area (Å²) >= 11 is 0. The van der Waals surface area contributed by atoms with Gasteiger partial charge in [-0.25, -0.2) is 4.79 Å². The largest absolute Gasteiger partial charge is 0.497 e. The molecule has 0 aliphatic carbocycles. The zero-order valence-electron chi connectivity index (χ0n) is 17.7. The first-order valence-electron chi connectivity index (χ1n) is 9.26. The topological polar surface area (TPSA) is 56.8 Å². The Balaban J connectivity index is 2.15. The van der Waals surface area contributed by atoms with Crippen molar-refractivity contribution in [3.05, 3.63) is 53.6 Å². The van der Waals surface area contributed by atoms with Gasteiger partial charge < -0.3 is 25.2 Å². The highest BCUT2D eigenvalue weighted by molar-refractivity contribution is 5.93. The quantitative estimate of drug-likeness (QED) is 0.699. The Hall–Kier alpha value is -2.94. The van der Waals surface area contributed by atoms with Crippen LogP contribution in [0.4, 0.5) is 29.3 Å². The van der Waals surface area contributed by atoms with Crippen LogP contribution in [0.2, 0.25) is 0 Å². The third kappa shape index (κ3) is 6.03. The molecule has 30 heavy (non-hydrogen) atoms. The molecule has 0 aromatic heterocycles. The number of hydrogen-bond donors (Lipinski definition) is 2. The number of likely N-dealkylation sites (N-methyl/N-ethyl adjacent to an activating group) is 1. The van der Waals surface area contributed by atoms with E-state index in [0.29, 0.717) is 11.4 Å². The summed E-state index contributed by atoms with van der Waals surface area (Å²) in [6.45, 7) is 0.252. The Morgan fingerprint density at radius 2 is 1.80 bits per heavy atom. The molecule has 1 atom stereocenters. The summed E-state index contributed by atoms with van der Waals surface area (Å²) in [6.07, 6.45) is -4.50. The number of halogens is 3. The predicted molar refractivity (Wildman–Crippen MR) is 112 cm³/mol.